The van der Waals surface area contributed by atoms with Crippen LogP contribution in [0.4, 0.5) is 5.69 Å². The number of hydrogen-bond donors (Lipinski definition) is 2. The van der Waals surface area contributed by atoms with Crippen LogP contribution in [0.25, 0.3) is 0 Å². The Labute approximate surface area is 136 Å². The van der Waals surface area contributed by atoms with Crippen LogP contribution in [0, 0.1) is 17.0 Å². The summed E-state index contributed by atoms with van der Waals surface area (Å²) in [5.74, 6) is -0.312. The van der Waals surface area contributed by atoms with E-state index in [0.717, 1.165) is 25.7 Å². The minimum Gasteiger partial charge on any atom is -0.350 e. The molecule has 1 aromatic rings. The first-order chi connectivity index (χ1) is 9.91. The number of amides is 1. The van der Waals surface area contributed by atoms with Gasteiger partial charge >= 0.3 is 0 Å². The molecule has 7 heteroatoms. The van der Waals surface area contributed by atoms with Crippen molar-refractivity contribution in [3.63, 3.8) is 0 Å². The zero-order valence-corrected chi connectivity index (χ0v) is 13.4. The van der Waals surface area contributed by atoms with Gasteiger partial charge in [-0.3, -0.25) is 14.9 Å². The summed E-state index contributed by atoms with van der Waals surface area (Å²) in [5.41, 5.74) is 6.72. The fraction of sp³-hybridized carbons (Fsp3) is 0.533. The molecule has 1 aromatic carbocycles. The maximum Gasteiger partial charge on any atom is 0.273 e. The summed E-state index contributed by atoms with van der Waals surface area (Å²) in [6.07, 6.45) is 5.17. The predicted octanol–water partition coefficient (Wildman–Crippen LogP) is 2.72. The highest BCUT2D eigenvalue weighted by Gasteiger charge is 2.28. The first-order valence-corrected chi connectivity index (χ1v) is 7.23. The first kappa shape index (κ1) is 18.4. The highest BCUT2D eigenvalue weighted by atomic mass is 35.5. The number of hydrogen-bond acceptors (Lipinski definition) is 4. The number of aryl methyl sites for hydroxylation is 1. The molecule has 0 bridgehead atoms. The van der Waals surface area contributed by atoms with Gasteiger partial charge in [-0.05, 0) is 25.8 Å². The van der Waals surface area contributed by atoms with Crippen LogP contribution in [0.3, 0.4) is 0 Å². The molecule has 0 heterocycles. The van der Waals surface area contributed by atoms with Crippen LogP contribution in [0.5, 0.6) is 0 Å². The number of halogens is 1. The second-order valence-electron chi connectivity index (χ2n) is 5.86. The standard InChI is InChI=1S/C15H21N3O3.ClH/c1-11-5-6-12(9-13(11)18(20)21)14(19)17-10-15(16)7-3-2-4-8-15;/h5-6,9H,2-4,7-8,10,16H2,1H3,(H,17,19);1H. The largest absolute Gasteiger partial charge is 0.350 e. The molecule has 2 rings (SSSR count). The summed E-state index contributed by atoms with van der Waals surface area (Å²) in [6.45, 7) is 2.06. The summed E-state index contributed by atoms with van der Waals surface area (Å²) in [4.78, 5) is 22.6. The van der Waals surface area contributed by atoms with Gasteiger partial charge in [-0.1, -0.05) is 25.3 Å². The molecule has 1 saturated carbocycles. The quantitative estimate of drug-likeness (QED) is 0.656. The highest BCUT2D eigenvalue weighted by molar-refractivity contribution is 5.95. The second-order valence-corrected chi connectivity index (χ2v) is 5.86. The molecule has 0 aliphatic heterocycles. The van der Waals surface area contributed by atoms with Gasteiger partial charge in [-0.15, -0.1) is 12.4 Å². The number of benzene rings is 1. The van der Waals surface area contributed by atoms with E-state index in [-0.39, 0.29) is 29.5 Å². The fourth-order valence-electron chi connectivity index (χ4n) is 2.74. The smallest absolute Gasteiger partial charge is 0.273 e. The number of nitrogens with zero attached hydrogens (tertiary/aromatic N) is 1. The summed E-state index contributed by atoms with van der Waals surface area (Å²) < 4.78 is 0. The number of nitro benzene ring substituents is 1. The van der Waals surface area contributed by atoms with Gasteiger partial charge in [0.2, 0.25) is 0 Å². The number of carbonyl (C=O) groups is 1. The fourth-order valence-corrected chi connectivity index (χ4v) is 2.74. The number of nitro groups is 1. The van der Waals surface area contributed by atoms with Gasteiger partial charge in [0, 0.05) is 29.3 Å². The molecule has 0 unspecified atom stereocenters. The third-order valence-electron chi connectivity index (χ3n) is 4.12. The van der Waals surface area contributed by atoms with E-state index >= 15 is 0 Å². The monoisotopic (exact) mass is 327 g/mol. The van der Waals surface area contributed by atoms with E-state index in [2.05, 4.69) is 5.32 Å². The third kappa shape index (κ3) is 4.42. The van der Waals surface area contributed by atoms with Crippen LogP contribution in [0.1, 0.15) is 48.0 Å². The molecule has 122 valence electrons. The maximum atomic E-state index is 12.1. The molecule has 0 aromatic heterocycles. The predicted molar refractivity (Wildman–Crippen MR) is 87.4 cm³/mol. The van der Waals surface area contributed by atoms with Crippen molar-refractivity contribution in [3.8, 4) is 0 Å². The third-order valence-corrected chi connectivity index (χ3v) is 4.12. The van der Waals surface area contributed by atoms with Crippen LogP contribution in [-0.4, -0.2) is 22.9 Å². The lowest BCUT2D eigenvalue weighted by Gasteiger charge is -2.33. The van der Waals surface area contributed by atoms with Crippen molar-refractivity contribution >= 4 is 24.0 Å². The van der Waals surface area contributed by atoms with Crippen LogP contribution in [-0.2, 0) is 0 Å². The Morgan fingerprint density at radius 2 is 2.00 bits per heavy atom. The lowest BCUT2D eigenvalue weighted by molar-refractivity contribution is -0.385. The second kappa shape index (κ2) is 7.56. The molecule has 0 spiro atoms. The maximum absolute atomic E-state index is 12.1. The average molecular weight is 328 g/mol. The molecule has 0 radical (unpaired) electrons. The molecule has 1 aliphatic rings. The molecule has 3 N–H and O–H groups in total. The van der Waals surface area contributed by atoms with Crippen molar-refractivity contribution in [2.24, 2.45) is 5.73 Å². The van der Waals surface area contributed by atoms with Crippen LogP contribution in [0.2, 0.25) is 0 Å². The lowest BCUT2D eigenvalue weighted by atomic mass is 9.82. The molecule has 1 fully saturated rings. The molecule has 22 heavy (non-hydrogen) atoms. The number of carbonyl (C=O) groups excluding carboxylic acids is 1. The summed E-state index contributed by atoms with van der Waals surface area (Å²) >= 11 is 0. The van der Waals surface area contributed by atoms with Gasteiger partial charge in [0.05, 0.1) is 4.92 Å². The van der Waals surface area contributed by atoms with Gasteiger partial charge < -0.3 is 11.1 Å². The molecule has 0 atom stereocenters. The zero-order valence-electron chi connectivity index (χ0n) is 12.6. The van der Waals surface area contributed by atoms with E-state index < -0.39 is 4.92 Å². The van der Waals surface area contributed by atoms with Gasteiger partial charge in [-0.2, -0.15) is 0 Å². The first-order valence-electron chi connectivity index (χ1n) is 7.23. The Hall–Kier alpha value is -1.66. The number of nitrogens with two attached hydrogens (primary N) is 1. The Bertz CT molecular complexity index is 557. The van der Waals surface area contributed by atoms with E-state index in [0.29, 0.717) is 17.7 Å². The Morgan fingerprint density at radius 1 is 1.36 bits per heavy atom. The van der Waals surface area contributed by atoms with Crippen molar-refractivity contribution in [3.05, 3.63) is 39.4 Å². The summed E-state index contributed by atoms with van der Waals surface area (Å²) in [5, 5.41) is 13.7. The van der Waals surface area contributed by atoms with Crippen molar-refractivity contribution in [2.45, 2.75) is 44.6 Å². The molecule has 1 aliphatic carbocycles. The Balaban J connectivity index is 0.00000242. The summed E-state index contributed by atoms with van der Waals surface area (Å²) in [6, 6.07) is 4.50. The average Bonchev–Trinajstić information content (AvgIpc) is 2.46. The van der Waals surface area contributed by atoms with Crippen LogP contribution >= 0.6 is 12.4 Å². The van der Waals surface area contributed by atoms with Gasteiger partial charge in [0.1, 0.15) is 0 Å². The molecule has 6 nitrogen and oxygen atoms in total. The molecule has 0 saturated heterocycles. The normalized spacial score (nSPS) is 16.5. The van der Waals surface area contributed by atoms with Crippen molar-refractivity contribution < 1.29 is 9.72 Å². The van der Waals surface area contributed by atoms with E-state index in [1.807, 2.05) is 0 Å². The minimum atomic E-state index is -0.475. The van der Waals surface area contributed by atoms with Gasteiger partial charge in [0.15, 0.2) is 0 Å². The molecule has 1 amide bonds. The van der Waals surface area contributed by atoms with Gasteiger partial charge in [0.25, 0.3) is 11.6 Å². The van der Waals surface area contributed by atoms with Crippen LogP contribution < -0.4 is 11.1 Å². The minimum absolute atomic E-state index is 0. The van der Waals surface area contributed by atoms with E-state index in [1.165, 1.54) is 12.5 Å². The molecular formula is C15H22ClN3O3. The van der Waals surface area contributed by atoms with Crippen molar-refractivity contribution in [1.82, 2.24) is 5.32 Å². The highest BCUT2D eigenvalue weighted by Crippen LogP contribution is 2.25. The SMILES string of the molecule is Cc1ccc(C(=O)NCC2(N)CCCCC2)cc1[N+](=O)[O-].Cl. The Kier molecular flexibility index (Phi) is 6.32. The number of nitrogens with one attached hydrogen (secondary N) is 1. The van der Waals surface area contributed by atoms with Crippen LogP contribution in [0.15, 0.2) is 18.2 Å². The van der Waals surface area contributed by atoms with Gasteiger partial charge in [-0.25, -0.2) is 0 Å². The molecular weight excluding hydrogens is 306 g/mol. The van der Waals surface area contributed by atoms with E-state index in [4.69, 9.17) is 5.73 Å². The van der Waals surface area contributed by atoms with Crippen molar-refractivity contribution in [2.75, 3.05) is 6.54 Å². The van der Waals surface area contributed by atoms with E-state index in [9.17, 15) is 14.9 Å². The Morgan fingerprint density at radius 3 is 2.59 bits per heavy atom. The zero-order chi connectivity index (χ0) is 15.5. The summed E-state index contributed by atoms with van der Waals surface area (Å²) in [7, 11) is 0. The lowest BCUT2D eigenvalue weighted by Crippen LogP contribution is -2.51. The van der Waals surface area contributed by atoms with E-state index in [1.54, 1.807) is 19.1 Å². The van der Waals surface area contributed by atoms with Crippen molar-refractivity contribution in [1.29, 1.82) is 0 Å². The topological polar surface area (TPSA) is 98.3 Å². The number of rotatable bonds is 4.